The Morgan fingerprint density at radius 1 is 1.19 bits per heavy atom. The number of benzene rings is 1. The monoisotopic (exact) mass is 452 g/mol. The number of anilines is 2. The van der Waals surface area contributed by atoms with Crippen molar-refractivity contribution in [1.82, 2.24) is 10.3 Å². The van der Waals surface area contributed by atoms with E-state index in [1.807, 2.05) is 20.8 Å². The fourth-order valence-corrected chi connectivity index (χ4v) is 3.30. The minimum Gasteiger partial charge on any atom is -0.495 e. The van der Waals surface area contributed by atoms with Crippen molar-refractivity contribution in [3.8, 4) is 11.5 Å². The Morgan fingerprint density at radius 2 is 1.84 bits per heavy atom. The van der Waals surface area contributed by atoms with Crippen molar-refractivity contribution in [1.29, 1.82) is 0 Å². The van der Waals surface area contributed by atoms with Gasteiger partial charge in [0.05, 0.1) is 25.0 Å². The predicted molar refractivity (Wildman–Crippen MR) is 111 cm³/mol. The highest BCUT2D eigenvalue weighted by molar-refractivity contribution is 6.08. The van der Waals surface area contributed by atoms with Gasteiger partial charge in [0, 0.05) is 6.07 Å². The summed E-state index contributed by atoms with van der Waals surface area (Å²) in [6, 6.07) is 5.68. The van der Waals surface area contributed by atoms with Gasteiger partial charge in [0.1, 0.15) is 18.0 Å². The number of pyridine rings is 1. The summed E-state index contributed by atoms with van der Waals surface area (Å²) >= 11 is 0. The molecule has 2 heterocycles. The number of nitrogens with zero attached hydrogens (tertiary/aromatic N) is 2. The van der Waals surface area contributed by atoms with Crippen LogP contribution in [0.1, 0.15) is 32.4 Å². The lowest BCUT2D eigenvalue weighted by Crippen LogP contribution is -2.50. The smallest absolute Gasteiger partial charge is 0.495 e. The zero-order chi connectivity index (χ0) is 23.7. The van der Waals surface area contributed by atoms with Crippen molar-refractivity contribution < 1.29 is 32.2 Å². The summed E-state index contributed by atoms with van der Waals surface area (Å²) in [5.41, 5.74) is 0.400. The lowest BCUT2D eigenvalue weighted by molar-refractivity contribution is -0.274. The van der Waals surface area contributed by atoms with E-state index < -0.39 is 29.8 Å². The number of ether oxygens (including phenoxy) is 2. The third-order valence-corrected chi connectivity index (χ3v) is 4.73. The maximum Gasteiger partial charge on any atom is 0.573 e. The molecule has 0 bridgehead atoms. The molecular weight excluding hydrogens is 429 g/mol. The Kier molecular flexibility index (Phi) is 6.20. The fourth-order valence-electron chi connectivity index (χ4n) is 3.30. The quantitative estimate of drug-likeness (QED) is 0.724. The molecule has 0 spiro atoms. The summed E-state index contributed by atoms with van der Waals surface area (Å²) in [4.78, 5) is 30.7. The van der Waals surface area contributed by atoms with Crippen molar-refractivity contribution in [2.24, 2.45) is 5.41 Å². The number of carbonyl (C=O) groups excluding carboxylic acids is 2. The van der Waals surface area contributed by atoms with E-state index >= 15 is 0 Å². The van der Waals surface area contributed by atoms with Gasteiger partial charge in [-0.25, -0.2) is 9.78 Å². The Labute approximate surface area is 182 Å². The summed E-state index contributed by atoms with van der Waals surface area (Å²) in [5, 5.41) is 5.52. The molecule has 1 aromatic carbocycles. The van der Waals surface area contributed by atoms with Crippen molar-refractivity contribution in [3.05, 3.63) is 42.1 Å². The summed E-state index contributed by atoms with van der Waals surface area (Å²) in [5.74, 6) is -0.0896. The van der Waals surface area contributed by atoms with Crippen LogP contribution in [0.15, 0.2) is 36.5 Å². The van der Waals surface area contributed by atoms with Crippen LogP contribution >= 0.6 is 0 Å². The number of urea groups is 1. The zero-order valence-electron chi connectivity index (χ0n) is 17.9. The van der Waals surface area contributed by atoms with Crippen LogP contribution in [0.3, 0.4) is 0 Å². The van der Waals surface area contributed by atoms with Crippen molar-refractivity contribution in [2.45, 2.75) is 33.2 Å². The number of fused-ring (bicyclic) bond motifs is 1. The summed E-state index contributed by atoms with van der Waals surface area (Å²) < 4.78 is 46.3. The van der Waals surface area contributed by atoms with Gasteiger partial charge in [0.25, 0.3) is 0 Å². The van der Waals surface area contributed by atoms with Gasteiger partial charge in [0.15, 0.2) is 5.82 Å². The zero-order valence-corrected chi connectivity index (χ0v) is 17.9. The maximum atomic E-state index is 13.1. The van der Waals surface area contributed by atoms with Gasteiger partial charge in [0.2, 0.25) is 5.91 Å². The number of methoxy groups -OCH3 is 1. The van der Waals surface area contributed by atoms with E-state index in [9.17, 15) is 22.8 Å². The largest absolute Gasteiger partial charge is 0.573 e. The van der Waals surface area contributed by atoms with Gasteiger partial charge in [-0.05, 0) is 23.1 Å². The average molecular weight is 452 g/mol. The summed E-state index contributed by atoms with van der Waals surface area (Å²) in [7, 11) is 1.46. The number of hydrogen-bond donors (Lipinski definition) is 2. The van der Waals surface area contributed by atoms with Crippen LogP contribution in [0, 0.1) is 5.41 Å². The Bertz CT molecular complexity index is 1000. The maximum absolute atomic E-state index is 13.1. The Hall–Kier alpha value is -3.50. The Morgan fingerprint density at radius 3 is 2.41 bits per heavy atom. The molecule has 11 heteroatoms. The van der Waals surface area contributed by atoms with Crippen molar-refractivity contribution >= 4 is 23.4 Å². The highest BCUT2D eigenvalue weighted by atomic mass is 19.4. The molecule has 1 aliphatic heterocycles. The van der Waals surface area contributed by atoms with Crippen LogP contribution in [0.25, 0.3) is 0 Å². The van der Waals surface area contributed by atoms with Crippen molar-refractivity contribution in [2.75, 3.05) is 23.9 Å². The first-order valence-electron chi connectivity index (χ1n) is 9.65. The standard InChI is InChI=1S/C21H23F3N4O4/c1-20(2,3)17(12-5-7-13(8-6-12)32-21(22,23)24)27-19(30)28-11-16(29)26-15-9-14(31-4)10-25-18(15)28/h5-10,17H,11H2,1-4H3,(H,26,29)(H,27,30). The van der Waals surface area contributed by atoms with E-state index in [4.69, 9.17) is 4.74 Å². The third kappa shape index (κ3) is 5.40. The van der Waals surface area contributed by atoms with Gasteiger partial charge in [-0.1, -0.05) is 32.9 Å². The molecule has 0 saturated heterocycles. The van der Waals surface area contributed by atoms with Crippen LogP contribution in [0.2, 0.25) is 0 Å². The van der Waals surface area contributed by atoms with E-state index in [0.29, 0.717) is 17.0 Å². The first-order chi connectivity index (χ1) is 14.9. The third-order valence-electron chi connectivity index (χ3n) is 4.73. The molecule has 3 rings (SSSR count). The van der Waals surface area contributed by atoms with Crippen LogP contribution in [0.4, 0.5) is 29.5 Å². The van der Waals surface area contributed by atoms with Gasteiger partial charge >= 0.3 is 12.4 Å². The second-order valence-corrected chi connectivity index (χ2v) is 8.25. The van der Waals surface area contributed by atoms with E-state index in [2.05, 4.69) is 20.4 Å². The lowest BCUT2D eigenvalue weighted by Gasteiger charge is -2.35. The number of aromatic nitrogens is 1. The molecule has 0 radical (unpaired) electrons. The topological polar surface area (TPSA) is 92.8 Å². The molecule has 2 aromatic rings. The van der Waals surface area contributed by atoms with E-state index in [1.165, 1.54) is 42.5 Å². The minimum absolute atomic E-state index is 0.243. The van der Waals surface area contributed by atoms with Crippen molar-refractivity contribution in [3.63, 3.8) is 0 Å². The molecule has 1 aromatic heterocycles. The number of carbonyl (C=O) groups is 2. The predicted octanol–water partition coefficient (Wildman–Crippen LogP) is 4.24. The second kappa shape index (κ2) is 8.56. The highest BCUT2D eigenvalue weighted by Crippen LogP contribution is 2.36. The second-order valence-electron chi connectivity index (χ2n) is 8.25. The molecule has 8 nitrogen and oxygen atoms in total. The number of alkyl halides is 3. The van der Waals surface area contributed by atoms with E-state index in [0.717, 1.165) is 0 Å². The fraction of sp³-hybridized carbons (Fsp3) is 0.381. The van der Waals surface area contributed by atoms with Gasteiger partial charge in [-0.3, -0.25) is 9.69 Å². The summed E-state index contributed by atoms with van der Waals surface area (Å²) in [6.07, 6.45) is -3.37. The van der Waals surface area contributed by atoms with Crippen LogP contribution in [-0.2, 0) is 4.79 Å². The minimum atomic E-state index is -4.79. The van der Waals surface area contributed by atoms with E-state index in [1.54, 1.807) is 6.07 Å². The number of nitrogens with one attached hydrogen (secondary N) is 2. The molecule has 0 fully saturated rings. The number of amides is 3. The average Bonchev–Trinajstić information content (AvgIpc) is 2.69. The molecule has 1 aliphatic rings. The first-order valence-corrected chi connectivity index (χ1v) is 9.65. The highest BCUT2D eigenvalue weighted by Gasteiger charge is 2.34. The lowest BCUT2D eigenvalue weighted by atomic mass is 9.82. The van der Waals surface area contributed by atoms with Gasteiger partial charge in [-0.15, -0.1) is 13.2 Å². The van der Waals surface area contributed by atoms with Crippen LogP contribution in [-0.4, -0.2) is 36.9 Å². The van der Waals surface area contributed by atoms with Gasteiger partial charge in [-0.2, -0.15) is 0 Å². The normalized spacial score (nSPS) is 14.8. The SMILES string of the molecule is COc1cnc2c(c1)NC(=O)CN2C(=O)NC(c1ccc(OC(F)(F)F)cc1)C(C)(C)C. The first kappa shape index (κ1) is 23.2. The molecule has 32 heavy (non-hydrogen) atoms. The number of rotatable bonds is 4. The molecule has 0 saturated carbocycles. The molecule has 172 valence electrons. The van der Waals surface area contributed by atoms with Gasteiger partial charge < -0.3 is 20.1 Å². The molecule has 2 N–H and O–H groups in total. The molecule has 0 aliphatic carbocycles. The van der Waals surface area contributed by atoms with E-state index in [-0.39, 0.29) is 18.1 Å². The Balaban J connectivity index is 1.86. The summed E-state index contributed by atoms with van der Waals surface area (Å²) in [6.45, 7) is 5.38. The number of halogens is 3. The molecule has 1 atom stereocenters. The van der Waals surface area contributed by atoms with Crippen LogP contribution < -0.4 is 25.0 Å². The number of hydrogen-bond acceptors (Lipinski definition) is 5. The van der Waals surface area contributed by atoms with Crippen LogP contribution in [0.5, 0.6) is 11.5 Å². The molecule has 1 unspecified atom stereocenters. The molecule has 3 amide bonds. The molecular formula is C21H23F3N4O4.